The zero-order chi connectivity index (χ0) is 22.4. The lowest BCUT2D eigenvalue weighted by atomic mass is 10.1. The molecule has 30 heavy (non-hydrogen) atoms. The van der Waals surface area contributed by atoms with Crippen molar-refractivity contribution in [3.63, 3.8) is 0 Å². The molecule has 2 rings (SSSR count). The Hall–Kier alpha value is -3.47. The summed E-state index contributed by atoms with van der Waals surface area (Å²) in [6, 6.07) is 3.76. The van der Waals surface area contributed by atoms with Gasteiger partial charge in [-0.2, -0.15) is 0 Å². The molecule has 1 heterocycles. The molecule has 0 unspecified atom stereocenters. The average Bonchev–Trinajstić information content (AvgIpc) is 3.03. The summed E-state index contributed by atoms with van der Waals surface area (Å²) in [4.78, 5) is 47.8. The molecule has 2 aromatic rings. The summed E-state index contributed by atoms with van der Waals surface area (Å²) < 4.78 is 14.9. The van der Waals surface area contributed by atoms with Crippen LogP contribution in [-0.4, -0.2) is 43.1 Å². The second kappa shape index (κ2) is 9.83. The van der Waals surface area contributed by atoms with Gasteiger partial charge in [0.25, 0.3) is 5.91 Å². The maximum Gasteiger partial charge on any atom is 0.348 e. The summed E-state index contributed by atoms with van der Waals surface area (Å²) in [5, 5.41) is 13.9. The minimum Gasteiger partial charge on any atom is -0.487 e. The molecule has 160 valence electrons. The van der Waals surface area contributed by atoms with Gasteiger partial charge in [-0.1, -0.05) is 0 Å². The molecule has 1 amide bonds. The maximum atomic E-state index is 12.7. The summed E-state index contributed by atoms with van der Waals surface area (Å²) in [5.41, 5.74) is -0.0623. The topological polar surface area (TPSA) is 134 Å². The van der Waals surface area contributed by atoms with Crippen LogP contribution < -0.4 is 10.1 Å². The van der Waals surface area contributed by atoms with Crippen LogP contribution in [0.25, 0.3) is 0 Å². The van der Waals surface area contributed by atoms with E-state index < -0.39 is 22.8 Å². The number of nitrogens with zero attached hydrogens (tertiary/aromatic N) is 1. The number of thiophene rings is 1. The van der Waals surface area contributed by atoms with E-state index >= 15 is 0 Å². The van der Waals surface area contributed by atoms with E-state index in [1.165, 1.54) is 26.2 Å². The number of carbonyl (C=O) groups excluding carboxylic acids is 3. The Morgan fingerprint density at radius 3 is 2.43 bits per heavy atom. The average molecular weight is 436 g/mol. The van der Waals surface area contributed by atoms with Crippen molar-refractivity contribution in [3.8, 4) is 5.75 Å². The Morgan fingerprint density at radius 1 is 1.17 bits per heavy atom. The van der Waals surface area contributed by atoms with E-state index in [0.717, 1.165) is 17.4 Å². The van der Waals surface area contributed by atoms with Crippen LogP contribution in [0.4, 0.5) is 10.7 Å². The fourth-order valence-electron chi connectivity index (χ4n) is 2.59. The SMILES string of the molecule is CCOC(=O)c1c(NC(=O)c2ccc(OCC)c([N+](=O)[O-])c2)sc(C(=O)OC)c1C. The van der Waals surface area contributed by atoms with Crippen molar-refractivity contribution < 1.29 is 33.5 Å². The number of anilines is 1. The lowest BCUT2D eigenvalue weighted by Gasteiger charge is -2.08. The standard InChI is InChI=1S/C19H20N2O8S/c1-5-28-13-8-7-11(9-12(13)21(25)26)16(22)20-17-14(18(23)29-6-2)10(3)15(30-17)19(24)27-4/h7-9H,5-6H2,1-4H3,(H,20,22). The van der Waals surface area contributed by atoms with Gasteiger partial charge in [0.15, 0.2) is 5.75 Å². The lowest BCUT2D eigenvalue weighted by molar-refractivity contribution is -0.385. The highest BCUT2D eigenvalue weighted by Gasteiger charge is 2.28. The number of rotatable bonds is 8. The Morgan fingerprint density at radius 2 is 1.87 bits per heavy atom. The second-order valence-corrected chi connectivity index (χ2v) is 6.82. The largest absolute Gasteiger partial charge is 0.487 e. The van der Waals surface area contributed by atoms with Crippen molar-refractivity contribution in [3.05, 3.63) is 49.9 Å². The Labute approximate surface area is 175 Å². The highest BCUT2D eigenvalue weighted by atomic mass is 32.1. The number of nitro groups is 1. The summed E-state index contributed by atoms with van der Waals surface area (Å²) in [7, 11) is 1.20. The lowest BCUT2D eigenvalue weighted by Crippen LogP contribution is -2.15. The molecule has 10 nitrogen and oxygen atoms in total. The molecule has 0 fully saturated rings. The van der Waals surface area contributed by atoms with Gasteiger partial charge in [0.05, 0.1) is 30.8 Å². The van der Waals surface area contributed by atoms with Gasteiger partial charge in [0.2, 0.25) is 0 Å². The number of amides is 1. The van der Waals surface area contributed by atoms with E-state index in [2.05, 4.69) is 5.32 Å². The number of nitrogens with one attached hydrogen (secondary N) is 1. The Kier molecular flexibility index (Phi) is 7.48. The quantitative estimate of drug-likeness (QED) is 0.377. The number of methoxy groups -OCH3 is 1. The van der Waals surface area contributed by atoms with Gasteiger partial charge < -0.3 is 19.5 Å². The first-order chi connectivity index (χ1) is 14.2. The number of carbonyl (C=O) groups is 3. The summed E-state index contributed by atoms with van der Waals surface area (Å²) in [5.74, 6) is -2.05. The molecule has 0 aliphatic carbocycles. The fourth-order valence-corrected chi connectivity index (χ4v) is 3.70. The first-order valence-electron chi connectivity index (χ1n) is 8.86. The van der Waals surface area contributed by atoms with Crippen molar-refractivity contribution in [1.29, 1.82) is 0 Å². The summed E-state index contributed by atoms with van der Waals surface area (Å²) in [6.07, 6.45) is 0. The zero-order valence-electron chi connectivity index (χ0n) is 16.8. The third-order valence-corrected chi connectivity index (χ3v) is 5.13. The van der Waals surface area contributed by atoms with Gasteiger partial charge in [-0.3, -0.25) is 14.9 Å². The van der Waals surface area contributed by atoms with Gasteiger partial charge in [-0.15, -0.1) is 11.3 Å². The van der Waals surface area contributed by atoms with Crippen molar-refractivity contribution in [2.24, 2.45) is 0 Å². The van der Waals surface area contributed by atoms with Crippen LogP contribution in [0.5, 0.6) is 5.75 Å². The van der Waals surface area contributed by atoms with E-state index in [1.54, 1.807) is 13.8 Å². The molecule has 0 spiro atoms. The molecule has 0 radical (unpaired) electrons. The molecule has 0 saturated heterocycles. The zero-order valence-corrected chi connectivity index (χ0v) is 17.6. The first-order valence-corrected chi connectivity index (χ1v) is 9.68. The molecule has 0 aliphatic heterocycles. The third-order valence-electron chi connectivity index (χ3n) is 3.94. The molecule has 0 saturated carbocycles. The molecular weight excluding hydrogens is 416 g/mol. The van der Waals surface area contributed by atoms with Crippen LogP contribution in [0.3, 0.4) is 0 Å². The van der Waals surface area contributed by atoms with Gasteiger partial charge in [-0.05, 0) is 38.5 Å². The Balaban J connectivity index is 2.45. The molecule has 1 aromatic carbocycles. The monoisotopic (exact) mass is 436 g/mol. The van der Waals surface area contributed by atoms with E-state index in [4.69, 9.17) is 14.2 Å². The van der Waals surface area contributed by atoms with Gasteiger partial charge in [0, 0.05) is 11.6 Å². The van der Waals surface area contributed by atoms with Crippen molar-refractivity contribution in [1.82, 2.24) is 0 Å². The van der Waals surface area contributed by atoms with Crippen molar-refractivity contribution in [2.45, 2.75) is 20.8 Å². The third kappa shape index (κ3) is 4.74. The smallest absolute Gasteiger partial charge is 0.348 e. The van der Waals surface area contributed by atoms with Crippen LogP contribution in [0, 0.1) is 17.0 Å². The molecule has 0 bridgehead atoms. The molecule has 1 aromatic heterocycles. The van der Waals surface area contributed by atoms with Crippen molar-refractivity contribution in [2.75, 3.05) is 25.6 Å². The van der Waals surface area contributed by atoms with E-state index in [-0.39, 0.29) is 45.7 Å². The van der Waals surface area contributed by atoms with Gasteiger partial charge in [0.1, 0.15) is 9.88 Å². The molecule has 0 aliphatic rings. The van der Waals surface area contributed by atoms with Crippen LogP contribution in [0.15, 0.2) is 18.2 Å². The number of hydrogen-bond donors (Lipinski definition) is 1. The molecule has 1 N–H and O–H groups in total. The predicted molar refractivity (Wildman–Crippen MR) is 109 cm³/mol. The van der Waals surface area contributed by atoms with Crippen LogP contribution in [0.2, 0.25) is 0 Å². The number of ether oxygens (including phenoxy) is 3. The minimum atomic E-state index is -0.714. The summed E-state index contributed by atoms with van der Waals surface area (Å²) >= 11 is 0.852. The highest BCUT2D eigenvalue weighted by Crippen LogP contribution is 2.35. The minimum absolute atomic E-state index is 0.0226. The van der Waals surface area contributed by atoms with Crippen LogP contribution in [0.1, 0.15) is 49.8 Å². The highest BCUT2D eigenvalue weighted by molar-refractivity contribution is 7.18. The van der Waals surface area contributed by atoms with Gasteiger partial charge in [-0.25, -0.2) is 9.59 Å². The van der Waals surface area contributed by atoms with Crippen LogP contribution >= 0.6 is 11.3 Å². The van der Waals surface area contributed by atoms with Gasteiger partial charge >= 0.3 is 17.6 Å². The Bertz CT molecular complexity index is 999. The number of hydrogen-bond acceptors (Lipinski definition) is 9. The molecular formula is C19H20N2O8S. The maximum absolute atomic E-state index is 12.7. The molecule has 0 atom stereocenters. The fraction of sp³-hybridized carbons (Fsp3) is 0.316. The number of benzene rings is 1. The summed E-state index contributed by atoms with van der Waals surface area (Å²) in [6.45, 7) is 5.16. The normalized spacial score (nSPS) is 10.3. The van der Waals surface area contributed by atoms with Crippen LogP contribution in [-0.2, 0) is 9.47 Å². The number of esters is 2. The van der Waals surface area contributed by atoms with Crippen molar-refractivity contribution >= 4 is 39.9 Å². The van der Waals surface area contributed by atoms with E-state index in [0.29, 0.717) is 5.56 Å². The first kappa shape index (κ1) is 22.8. The predicted octanol–water partition coefficient (Wildman–Crippen LogP) is 3.58. The van der Waals surface area contributed by atoms with E-state index in [1.807, 2.05) is 0 Å². The van der Waals surface area contributed by atoms with E-state index in [9.17, 15) is 24.5 Å². The molecule has 11 heteroatoms. The second-order valence-electron chi connectivity index (χ2n) is 5.80. The number of nitro benzene ring substituents is 1.